The van der Waals surface area contributed by atoms with Crippen molar-refractivity contribution in [1.82, 2.24) is 0 Å². The van der Waals surface area contributed by atoms with Gasteiger partial charge in [-0.3, -0.25) is 0 Å². The van der Waals surface area contributed by atoms with E-state index in [2.05, 4.69) is 44.2 Å². The molecule has 2 rings (SSSR count). The zero-order chi connectivity index (χ0) is 13.7. The van der Waals surface area contributed by atoms with Gasteiger partial charge < -0.3 is 9.47 Å². The van der Waals surface area contributed by atoms with Crippen LogP contribution in [0.5, 0.6) is 5.75 Å². The predicted molar refractivity (Wildman–Crippen MR) is 80.0 cm³/mol. The molecule has 0 bridgehead atoms. The molecule has 0 aromatic heterocycles. The molecule has 0 amide bonds. The monoisotopic (exact) mass is 258 g/mol. The molecule has 0 spiro atoms. The summed E-state index contributed by atoms with van der Waals surface area (Å²) in [6.07, 6.45) is 0. The average molecular weight is 258 g/mol. The number of hydrogen-bond donors (Lipinski definition) is 0. The smallest absolute Gasteiger partial charge is 0.120 e. The van der Waals surface area contributed by atoms with Crippen LogP contribution in [0.25, 0.3) is 10.8 Å². The Balaban J connectivity index is 2.14. The van der Waals surface area contributed by atoms with Gasteiger partial charge in [-0.25, -0.2) is 0 Å². The summed E-state index contributed by atoms with van der Waals surface area (Å²) in [5.74, 6) is 1.46. The van der Waals surface area contributed by atoms with E-state index in [1.807, 2.05) is 13.0 Å². The first-order chi connectivity index (χ1) is 9.20. The summed E-state index contributed by atoms with van der Waals surface area (Å²) in [6, 6.07) is 12.8. The molecule has 0 aliphatic carbocycles. The van der Waals surface area contributed by atoms with E-state index >= 15 is 0 Å². The van der Waals surface area contributed by atoms with Crippen molar-refractivity contribution < 1.29 is 9.47 Å². The van der Waals surface area contributed by atoms with Crippen molar-refractivity contribution in [1.29, 1.82) is 0 Å². The van der Waals surface area contributed by atoms with Crippen LogP contribution in [-0.4, -0.2) is 19.8 Å². The van der Waals surface area contributed by atoms with Gasteiger partial charge in [0.15, 0.2) is 0 Å². The Morgan fingerprint density at radius 3 is 2.47 bits per heavy atom. The Bertz CT molecular complexity index is 532. The topological polar surface area (TPSA) is 18.5 Å². The average Bonchev–Trinajstić information content (AvgIpc) is 2.42. The zero-order valence-electron chi connectivity index (χ0n) is 12.0. The van der Waals surface area contributed by atoms with E-state index in [0.29, 0.717) is 19.1 Å². The Kier molecular flexibility index (Phi) is 4.80. The van der Waals surface area contributed by atoms with Crippen molar-refractivity contribution >= 4 is 10.8 Å². The molecular formula is C17H22O2. The van der Waals surface area contributed by atoms with E-state index < -0.39 is 0 Å². The van der Waals surface area contributed by atoms with E-state index in [1.165, 1.54) is 16.3 Å². The lowest BCUT2D eigenvalue weighted by atomic mass is 9.99. The van der Waals surface area contributed by atoms with Crippen molar-refractivity contribution in [2.45, 2.75) is 26.7 Å². The maximum absolute atomic E-state index is 5.69. The lowest BCUT2D eigenvalue weighted by Crippen LogP contribution is -2.06. The molecule has 0 aliphatic heterocycles. The molecule has 0 unspecified atom stereocenters. The summed E-state index contributed by atoms with van der Waals surface area (Å²) in [5, 5.41) is 2.49. The largest absolute Gasteiger partial charge is 0.491 e. The van der Waals surface area contributed by atoms with Crippen LogP contribution in [0, 0.1) is 0 Å². The minimum absolute atomic E-state index is 0.548. The number of rotatable bonds is 6. The molecule has 2 nitrogen and oxygen atoms in total. The highest BCUT2D eigenvalue weighted by molar-refractivity contribution is 5.84. The van der Waals surface area contributed by atoms with Gasteiger partial charge in [-0.05, 0) is 41.3 Å². The molecule has 0 radical (unpaired) electrons. The van der Waals surface area contributed by atoms with Crippen LogP contribution in [0.2, 0.25) is 0 Å². The normalized spacial score (nSPS) is 11.2. The van der Waals surface area contributed by atoms with Crippen LogP contribution in [0.1, 0.15) is 32.3 Å². The lowest BCUT2D eigenvalue weighted by molar-refractivity contribution is 0.110. The van der Waals surface area contributed by atoms with Gasteiger partial charge in [0.25, 0.3) is 0 Å². The Morgan fingerprint density at radius 1 is 0.947 bits per heavy atom. The van der Waals surface area contributed by atoms with Gasteiger partial charge >= 0.3 is 0 Å². The maximum atomic E-state index is 5.69. The number of ether oxygens (including phenoxy) is 2. The minimum atomic E-state index is 0.548. The molecular weight excluding hydrogens is 236 g/mol. The van der Waals surface area contributed by atoms with Crippen LogP contribution in [-0.2, 0) is 4.74 Å². The second kappa shape index (κ2) is 6.58. The molecule has 102 valence electrons. The first kappa shape index (κ1) is 13.9. The Labute approximate surface area is 115 Å². The van der Waals surface area contributed by atoms with Crippen LogP contribution >= 0.6 is 0 Å². The van der Waals surface area contributed by atoms with Gasteiger partial charge in [-0.2, -0.15) is 0 Å². The molecule has 0 fully saturated rings. The third-order valence-corrected chi connectivity index (χ3v) is 3.20. The molecule has 0 atom stereocenters. The molecule has 0 N–H and O–H groups in total. The minimum Gasteiger partial charge on any atom is -0.491 e. The lowest BCUT2D eigenvalue weighted by Gasteiger charge is -2.10. The molecule has 0 heterocycles. The van der Waals surface area contributed by atoms with Crippen molar-refractivity contribution in [2.75, 3.05) is 19.8 Å². The quantitative estimate of drug-likeness (QED) is 0.716. The summed E-state index contributed by atoms with van der Waals surface area (Å²) >= 11 is 0. The van der Waals surface area contributed by atoms with Gasteiger partial charge in [-0.1, -0.05) is 38.1 Å². The van der Waals surface area contributed by atoms with Crippen LogP contribution in [0.15, 0.2) is 36.4 Å². The molecule has 2 aromatic carbocycles. The molecule has 0 aliphatic rings. The molecule has 0 saturated heterocycles. The van der Waals surface area contributed by atoms with Crippen LogP contribution in [0.4, 0.5) is 0 Å². The van der Waals surface area contributed by atoms with Gasteiger partial charge in [-0.15, -0.1) is 0 Å². The van der Waals surface area contributed by atoms with E-state index in [1.54, 1.807) is 0 Å². The molecule has 0 saturated carbocycles. The van der Waals surface area contributed by atoms with E-state index in [9.17, 15) is 0 Å². The number of benzene rings is 2. The highest BCUT2D eigenvalue weighted by atomic mass is 16.5. The maximum Gasteiger partial charge on any atom is 0.120 e. The second-order valence-corrected chi connectivity index (χ2v) is 4.97. The summed E-state index contributed by atoms with van der Waals surface area (Å²) in [5.41, 5.74) is 1.36. The second-order valence-electron chi connectivity index (χ2n) is 4.97. The number of hydrogen-bond acceptors (Lipinski definition) is 2. The van der Waals surface area contributed by atoms with Gasteiger partial charge in [0.05, 0.1) is 6.61 Å². The van der Waals surface area contributed by atoms with E-state index in [4.69, 9.17) is 9.47 Å². The summed E-state index contributed by atoms with van der Waals surface area (Å²) in [4.78, 5) is 0. The van der Waals surface area contributed by atoms with Gasteiger partial charge in [0.1, 0.15) is 12.4 Å². The summed E-state index contributed by atoms with van der Waals surface area (Å²) < 4.78 is 11.0. The molecule has 2 heteroatoms. The Hall–Kier alpha value is -1.54. The van der Waals surface area contributed by atoms with Gasteiger partial charge in [0.2, 0.25) is 0 Å². The Morgan fingerprint density at radius 2 is 1.74 bits per heavy atom. The number of fused-ring (bicyclic) bond motifs is 1. The SMILES string of the molecule is CCOCCOc1ccc2ccc(C(C)C)cc2c1. The third-order valence-electron chi connectivity index (χ3n) is 3.20. The zero-order valence-corrected chi connectivity index (χ0v) is 12.0. The van der Waals surface area contributed by atoms with Crippen molar-refractivity contribution in [3.63, 3.8) is 0 Å². The van der Waals surface area contributed by atoms with Crippen molar-refractivity contribution in [3.8, 4) is 5.75 Å². The fourth-order valence-electron chi connectivity index (χ4n) is 2.05. The van der Waals surface area contributed by atoms with E-state index in [-0.39, 0.29) is 0 Å². The highest BCUT2D eigenvalue weighted by Crippen LogP contribution is 2.25. The third kappa shape index (κ3) is 3.71. The van der Waals surface area contributed by atoms with E-state index in [0.717, 1.165) is 12.4 Å². The van der Waals surface area contributed by atoms with Gasteiger partial charge in [0, 0.05) is 6.61 Å². The first-order valence-electron chi connectivity index (χ1n) is 6.95. The van der Waals surface area contributed by atoms with Crippen molar-refractivity contribution in [3.05, 3.63) is 42.0 Å². The predicted octanol–water partition coefficient (Wildman–Crippen LogP) is 4.38. The fraction of sp³-hybridized carbons (Fsp3) is 0.412. The summed E-state index contributed by atoms with van der Waals surface area (Å²) in [6.45, 7) is 8.39. The van der Waals surface area contributed by atoms with Crippen LogP contribution < -0.4 is 4.74 Å². The molecule has 2 aromatic rings. The van der Waals surface area contributed by atoms with Crippen molar-refractivity contribution in [2.24, 2.45) is 0 Å². The first-order valence-corrected chi connectivity index (χ1v) is 6.95. The standard InChI is InChI=1S/C17H22O2/c1-4-18-9-10-19-17-8-7-14-5-6-15(13(2)3)11-16(14)12-17/h5-8,11-13H,4,9-10H2,1-3H3. The van der Waals surface area contributed by atoms with Crippen LogP contribution in [0.3, 0.4) is 0 Å². The summed E-state index contributed by atoms with van der Waals surface area (Å²) in [7, 11) is 0. The highest BCUT2D eigenvalue weighted by Gasteiger charge is 2.02. The fourth-order valence-corrected chi connectivity index (χ4v) is 2.05. The molecule has 19 heavy (non-hydrogen) atoms.